The van der Waals surface area contributed by atoms with Crippen molar-refractivity contribution in [1.29, 1.82) is 0 Å². The summed E-state index contributed by atoms with van der Waals surface area (Å²) in [5.41, 5.74) is 6.47. The van der Waals surface area contributed by atoms with Gasteiger partial charge in [-0.15, -0.1) is 0 Å². The van der Waals surface area contributed by atoms with Gasteiger partial charge in [0.25, 0.3) is 0 Å². The van der Waals surface area contributed by atoms with Crippen LogP contribution in [0.5, 0.6) is 0 Å². The molecule has 1 heterocycles. The van der Waals surface area contributed by atoms with E-state index in [9.17, 15) is 13.2 Å². The van der Waals surface area contributed by atoms with Gasteiger partial charge in [-0.3, -0.25) is 0 Å². The Morgan fingerprint density at radius 2 is 1.93 bits per heavy atom. The van der Waals surface area contributed by atoms with Crippen molar-refractivity contribution < 1.29 is 17.9 Å². The third-order valence-corrected chi connectivity index (χ3v) is 6.99. The quantitative estimate of drug-likeness (QED) is 0.639. The fraction of sp³-hybridized carbons (Fsp3) is 0.350. The molecule has 0 spiro atoms. The molecule has 0 N–H and O–H groups in total. The van der Waals surface area contributed by atoms with Gasteiger partial charge < -0.3 is 9.64 Å². The molecule has 7 heteroatoms. The molecule has 1 aliphatic carbocycles. The molecule has 2 aliphatic rings. The summed E-state index contributed by atoms with van der Waals surface area (Å²) in [7, 11) is -3.32. The highest BCUT2D eigenvalue weighted by molar-refractivity contribution is 9.10. The van der Waals surface area contributed by atoms with Crippen molar-refractivity contribution in [3.63, 3.8) is 0 Å². The summed E-state index contributed by atoms with van der Waals surface area (Å²) < 4.78 is 31.3. The Morgan fingerprint density at radius 1 is 1.22 bits per heavy atom. The van der Waals surface area contributed by atoms with Crippen molar-refractivity contribution >= 4 is 31.9 Å². The summed E-state index contributed by atoms with van der Waals surface area (Å²) in [4.78, 5) is 14.1. The summed E-state index contributed by atoms with van der Waals surface area (Å²) in [6.07, 6.45) is 6.30. The average molecular weight is 450 g/mol. The van der Waals surface area contributed by atoms with Crippen molar-refractivity contribution in [2.45, 2.75) is 17.7 Å². The van der Waals surface area contributed by atoms with Gasteiger partial charge in [0.05, 0.1) is 10.6 Å². The van der Waals surface area contributed by atoms with Crippen LogP contribution in [-0.4, -0.2) is 44.9 Å². The van der Waals surface area contributed by atoms with Gasteiger partial charge in [0, 0.05) is 23.1 Å². The van der Waals surface area contributed by atoms with Gasteiger partial charge >= 0.3 is 6.09 Å². The highest BCUT2D eigenvalue weighted by atomic mass is 79.9. The monoisotopic (exact) mass is 449 g/mol. The van der Waals surface area contributed by atoms with Crippen LogP contribution in [0, 0.1) is 5.92 Å². The number of carbonyl (C=O) groups is 1. The zero-order chi connectivity index (χ0) is 19.3. The van der Waals surface area contributed by atoms with Crippen LogP contribution >= 0.6 is 15.9 Å². The third-order valence-electron chi connectivity index (χ3n) is 4.56. The van der Waals surface area contributed by atoms with Crippen LogP contribution in [0.15, 0.2) is 68.9 Å². The number of hydrogen-bond donors (Lipinski definition) is 0. The Hall–Kier alpha value is -2.04. The number of likely N-dealkylation sites (tertiary alicyclic amines) is 1. The van der Waals surface area contributed by atoms with E-state index in [0.29, 0.717) is 30.8 Å². The van der Waals surface area contributed by atoms with E-state index in [-0.39, 0.29) is 24.4 Å². The van der Waals surface area contributed by atoms with E-state index in [1.807, 2.05) is 12.2 Å². The van der Waals surface area contributed by atoms with E-state index >= 15 is 0 Å². The van der Waals surface area contributed by atoms with E-state index in [4.69, 9.17) is 4.74 Å². The fourth-order valence-electron chi connectivity index (χ4n) is 3.03. The van der Waals surface area contributed by atoms with Crippen molar-refractivity contribution in [2.75, 3.05) is 25.4 Å². The number of piperidine rings is 1. The second kappa shape index (κ2) is 8.77. The first-order chi connectivity index (χ1) is 12.9. The average Bonchev–Trinajstić information content (AvgIpc) is 2.67. The van der Waals surface area contributed by atoms with E-state index in [1.165, 1.54) is 0 Å². The summed E-state index contributed by atoms with van der Waals surface area (Å²) in [5.74, 6) is 0.145. The number of amides is 1. The van der Waals surface area contributed by atoms with Crippen molar-refractivity contribution in [3.05, 3.63) is 64.0 Å². The predicted octanol–water partition coefficient (Wildman–Crippen LogP) is 3.88. The second-order valence-electron chi connectivity index (χ2n) is 6.54. The summed E-state index contributed by atoms with van der Waals surface area (Å²) in [5, 5.41) is 0. The van der Waals surface area contributed by atoms with Crippen LogP contribution in [0.4, 0.5) is 4.79 Å². The van der Waals surface area contributed by atoms with Crippen LogP contribution < -0.4 is 0 Å². The molecule has 142 valence electrons. The lowest BCUT2D eigenvalue weighted by Crippen LogP contribution is -2.40. The van der Waals surface area contributed by atoms with Gasteiger partial charge in [0.2, 0.25) is 0 Å². The lowest BCUT2D eigenvalue weighted by atomic mass is 9.99. The number of allylic oxidation sites excluding steroid dienone is 2. The largest absolute Gasteiger partial charge is 0.444 e. The van der Waals surface area contributed by atoms with E-state index in [1.54, 1.807) is 35.2 Å². The molecule has 0 unspecified atom stereocenters. The zero-order valence-electron chi connectivity index (χ0n) is 14.7. The Kier molecular flexibility index (Phi) is 6.40. The van der Waals surface area contributed by atoms with Crippen LogP contribution in [0.2, 0.25) is 0 Å². The molecular weight excluding hydrogens is 430 g/mol. The Balaban J connectivity index is 1.49. The fourth-order valence-corrected chi connectivity index (χ4v) is 5.00. The Bertz CT molecular complexity index is 929. The van der Waals surface area contributed by atoms with Gasteiger partial charge in [0.1, 0.15) is 6.61 Å². The predicted molar refractivity (Wildman–Crippen MR) is 106 cm³/mol. The van der Waals surface area contributed by atoms with Crippen molar-refractivity contribution in [1.82, 2.24) is 4.90 Å². The van der Waals surface area contributed by atoms with Crippen LogP contribution in [0.3, 0.4) is 0 Å². The minimum Gasteiger partial charge on any atom is -0.444 e. The van der Waals surface area contributed by atoms with Crippen LogP contribution in [0.25, 0.3) is 0 Å². The highest BCUT2D eigenvalue weighted by Gasteiger charge is 2.28. The molecule has 1 aromatic rings. The number of ether oxygens (including phenoxy) is 1. The van der Waals surface area contributed by atoms with Crippen molar-refractivity contribution in [3.8, 4) is 0 Å². The molecule has 0 radical (unpaired) electrons. The first-order valence-electron chi connectivity index (χ1n) is 8.71. The number of nitrogens with zero attached hydrogens (tertiary/aromatic N) is 1. The molecule has 1 saturated heterocycles. The van der Waals surface area contributed by atoms with Crippen LogP contribution in [0.1, 0.15) is 12.8 Å². The Labute approximate surface area is 167 Å². The first kappa shape index (κ1) is 19.7. The maximum atomic E-state index is 12.6. The molecule has 5 nitrogen and oxygen atoms in total. The molecule has 1 aromatic carbocycles. The number of benzene rings is 1. The zero-order valence-corrected chi connectivity index (χ0v) is 17.1. The second-order valence-corrected chi connectivity index (χ2v) is 9.49. The van der Waals surface area contributed by atoms with Gasteiger partial charge in [-0.25, -0.2) is 13.2 Å². The summed E-state index contributed by atoms with van der Waals surface area (Å²) in [6.45, 7) is 1.17. The highest BCUT2D eigenvalue weighted by Crippen LogP contribution is 2.24. The maximum Gasteiger partial charge on any atom is 0.410 e. The van der Waals surface area contributed by atoms with E-state index in [2.05, 4.69) is 27.4 Å². The van der Waals surface area contributed by atoms with E-state index < -0.39 is 9.84 Å². The van der Waals surface area contributed by atoms with Gasteiger partial charge in [-0.2, -0.15) is 0 Å². The molecule has 1 amide bonds. The molecule has 0 saturated carbocycles. The molecule has 3 rings (SSSR count). The minimum absolute atomic E-state index is 0.0414. The number of hydrogen-bond acceptors (Lipinski definition) is 4. The maximum absolute atomic E-state index is 12.6. The van der Waals surface area contributed by atoms with Gasteiger partial charge in [-0.1, -0.05) is 33.5 Å². The standard InChI is InChI=1S/C20H20BrNO4S/c21-18-6-8-19(9-7-18)27(24,25)15-17-10-12-22(13-11-17)20(23)26-14-16-4-2-1-3-5-16/h1-2,4,6-9,17H,10-15H2. The molecule has 1 fully saturated rings. The minimum atomic E-state index is -3.32. The lowest BCUT2D eigenvalue weighted by Gasteiger charge is -2.31. The third kappa shape index (κ3) is 5.47. The molecule has 0 aromatic heterocycles. The molecule has 0 bridgehead atoms. The topological polar surface area (TPSA) is 63.7 Å². The van der Waals surface area contributed by atoms with E-state index in [0.717, 1.165) is 10.0 Å². The Morgan fingerprint density at radius 3 is 2.56 bits per heavy atom. The van der Waals surface area contributed by atoms with Gasteiger partial charge in [-0.05, 0) is 55.2 Å². The van der Waals surface area contributed by atoms with Crippen LogP contribution in [-0.2, 0) is 14.6 Å². The first-order valence-corrected chi connectivity index (χ1v) is 11.2. The smallest absolute Gasteiger partial charge is 0.410 e. The summed E-state index contributed by atoms with van der Waals surface area (Å²) >= 11 is 3.31. The molecule has 0 atom stereocenters. The number of halogens is 1. The lowest BCUT2D eigenvalue weighted by molar-refractivity contribution is 0.0968. The molecule has 1 aliphatic heterocycles. The molecular formula is C20H20BrNO4S. The van der Waals surface area contributed by atoms with Gasteiger partial charge in [0.15, 0.2) is 9.84 Å². The SMILES string of the molecule is O=C(OCC1=C=C=CC=C1)N1CCC(CS(=O)(=O)c2ccc(Br)cc2)CC1. The number of sulfone groups is 1. The summed E-state index contributed by atoms with van der Waals surface area (Å²) in [6, 6.07) is 6.69. The normalized spacial score (nSPS) is 17.1. The van der Waals surface area contributed by atoms with Crippen molar-refractivity contribution in [2.24, 2.45) is 5.92 Å². The number of rotatable bonds is 5. The molecule has 27 heavy (non-hydrogen) atoms. The number of carbonyl (C=O) groups excluding carboxylic acids is 1.